The van der Waals surface area contributed by atoms with Gasteiger partial charge in [0.25, 0.3) is 5.91 Å². The van der Waals surface area contributed by atoms with Crippen molar-refractivity contribution in [3.05, 3.63) is 41.1 Å². The maximum atomic E-state index is 12.2. The highest BCUT2D eigenvalue weighted by molar-refractivity contribution is 6.30. The number of amides is 1. The van der Waals surface area contributed by atoms with Gasteiger partial charge in [-0.15, -0.1) is 0 Å². The Morgan fingerprint density at radius 3 is 2.84 bits per heavy atom. The summed E-state index contributed by atoms with van der Waals surface area (Å²) in [5.41, 5.74) is 5.96. The molecule has 12 heteroatoms. The van der Waals surface area contributed by atoms with Gasteiger partial charge < -0.3 is 16.1 Å². The van der Waals surface area contributed by atoms with E-state index in [1.807, 2.05) is 0 Å². The zero-order chi connectivity index (χ0) is 18.6. The van der Waals surface area contributed by atoms with E-state index in [4.69, 9.17) is 23.2 Å². The predicted molar refractivity (Wildman–Crippen MR) is 83.7 cm³/mol. The molecule has 2 aromatic heterocycles. The Morgan fingerprint density at radius 2 is 2.20 bits per heavy atom. The van der Waals surface area contributed by atoms with Crippen molar-refractivity contribution in [3.63, 3.8) is 0 Å². The average molecular weight is 378 g/mol. The fourth-order valence-electron chi connectivity index (χ4n) is 1.92. The molecule has 0 aromatic carbocycles. The molecule has 0 bridgehead atoms. The average Bonchev–Trinajstić information content (AvgIpc) is 2.93. The van der Waals surface area contributed by atoms with Crippen LogP contribution in [0, 0.1) is 0 Å². The number of carbonyl (C=O) groups is 1. The minimum absolute atomic E-state index is 0.00423. The van der Waals surface area contributed by atoms with Crippen LogP contribution in [-0.2, 0) is 11.3 Å². The summed E-state index contributed by atoms with van der Waals surface area (Å²) >= 11 is 5.81. The van der Waals surface area contributed by atoms with Crippen molar-refractivity contribution >= 4 is 23.2 Å². The van der Waals surface area contributed by atoms with Crippen LogP contribution in [0.2, 0.25) is 5.02 Å². The van der Waals surface area contributed by atoms with Gasteiger partial charge in [0.15, 0.2) is 5.65 Å². The molecule has 0 spiro atoms. The molecule has 0 radical (unpaired) electrons. The van der Waals surface area contributed by atoms with E-state index in [0.717, 1.165) is 6.20 Å². The number of alkyl halides is 3. The van der Waals surface area contributed by atoms with Crippen molar-refractivity contribution in [2.45, 2.75) is 19.1 Å². The highest BCUT2D eigenvalue weighted by Crippen LogP contribution is 2.20. The summed E-state index contributed by atoms with van der Waals surface area (Å²) in [6.07, 6.45) is -1.72. The van der Waals surface area contributed by atoms with Gasteiger partial charge in [0.05, 0.1) is 36.1 Å². The van der Waals surface area contributed by atoms with E-state index in [-0.39, 0.29) is 12.2 Å². The number of fused-ring (bicyclic) bond motifs is 1. The molecule has 136 valence electrons. The Kier molecular flexibility index (Phi) is 5.69. The number of hydrogen-bond donors (Lipinski definition) is 3. The number of nitrogens with two attached hydrogens (primary N) is 2. The zero-order valence-corrected chi connectivity index (χ0v) is 13.6. The number of nitrogens with zero attached hydrogens (tertiary/aromatic N) is 4. The molecule has 1 amide bonds. The second-order valence-corrected chi connectivity index (χ2v) is 5.44. The van der Waals surface area contributed by atoms with Crippen LogP contribution < -0.4 is 16.9 Å². The highest BCUT2D eigenvalue weighted by atomic mass is 35.5. The molecule has 0 unspecified atom stereocenters. The molecule has 0 fully saturated rings. The molecule has 0 atom stereocenters. The molecule has 25 heavy (non-hydrogen) atoms. The van der Waals surface area contributed by atoms with Gasteiger partial charge in [0, 0.05) is 18.8 Å². The van der Waals surface area contributed by atoms with Crippen molar-refractivity contribution in [2.75, 3.05) is 6.54 Å². The second-order valence-electron chi connectivity index (χ2n) is 5.00. The SMILES string of the molecule is N/C=C(/C(=O)NCc1cn2ncc(Cl)cc2n1)N(N)CCC(F)(F)F. The standard InChI is InChI=1S/C13H15ClF3N7O/c14-8-3-11-22-9(7-24(11)21-5-8)6-20-12(25)10(4-18)23(19)2-1-13(15,16)17/h3-5,7H,1-2,6,18-19H2,(H,20,25)/b10-4-. The van der Waals surface area contributed by atoms with Crippen LogP contribution in [0.15, 0.2) is 30.4 Å². The van der Waals surface area contributed by atoms with Gasteiger partial charge in [-0.1, -0.05) is 11.6 Å². The Bertz CT molecular complexity index is 790. The summed E-state index contributed by atoms with van der Waals surface area (Å²) in [5.74, 6) is 4.74. The third-order valence-electron chi connectivity index (χ3n) is 3.10. The lowest BCUT2D eigenvalue weighted by Crippen LogP contribution is -2.41. The van der Waals surface area contributed by atoms with Crippen molar-refractivity contribution in [1.29, 1.82) is 0 Å². The summed E-state index contributed by atoms with van der Waals surface area (Å²) in [5, 5.41) is 7.53. The quantitative estimate of drug-likeness (QED) is 0.392. The minimum atomic E-state index is -4.39. The first-order chi connectivity index (χ1) is 11.7. The van der Waals surface area contributed by atoms with Crippen molar-refractivity contribution < 1.29 is 18.0 Å². The van der Waals surface area contributed by atoms with Crippen LogP contribution in [0.5, 0.6) is 0 Å². The summed E-state index contributed by atoms with van der Waals surface area (Å²) in [4.78, 5) is 16.3. The van der Waals surface area contributed by atoms with E-state index >= 15 is 0 Å². The molecule has 5 N–H and O–H groups in total. The number of nitrogens with one attached hydrogen (secondary N) is 1. The largest absolute Gasteiger partial charge is 0.403 e. The Labute approximate surface area is 145 Å². The molecule has 2 heterocycles. The molecule has 0 saturated carbocycles. The van der Waals surface area contributed by atoms with Crippen LogP contribution >= 0.6 is 11.6 Å². The van der Waals surface area contributed by atoms with Crippen molar-refractivity contribution in [3.8, 4) is 0 Å². The molecule has 0 aliphatic heterocycles. The van der Waals surface area contributed by atoms with Crippen LogP contribution in [0.25, 0.3) is 5.65 Å². The van der Waals surface area contributed by atoms with Crippen molar-refractivity contribution in [2.24, 2.45) is 11.6 Å². The summed E-state index contributed by atoms with van der Waals surface area (Å²) in [6.45, 7) is -0.596. The number of rotatable bonds is 6. The molecular formula is C13H15ClF3N7O. The smallest absolute Gasteiger partial charge is 0.390 e. The third-order valence-corrected chi connectivity index (χ3v) is 3.31. The van der Waals surface area contributed by atoms with E-state index in [9.17, 15) is 18.0 Å². The van der Waals surface area contributed by atoms with Crippen LogP contribution in [0.4, 0.5) is 13.2 Å². The lowest BCUT2D eigenvalue weighted by Gasteiger charge is -2.21. The topological polar surface area (TPSA) is 115 Å². The van der Waals surface area contributed by atoms with E-state index in [2.05, 4.69) is 15.4 Å². The van der Waals surface area contributed by atoms with Crippen LogP contribution in [0.3, 0.4) is 0 Å². The molecule has 0 saturated heterocycles. The Balaban J connectivity index is 1.96. The Hall–Kier alpha value is -2.53. The summed E-state index contributed by atoms with van der Waals surface area (Å²) in [6, 6.07) is 1.59. The molecule has 0 aliphatic carbocycles. The predicted octanol–water partition coefficient (Wildman–Crippen LogP) is 0.927. The molecule has 0 aliphatic rings. The molecule has 8 nitrogen and oxygen atoms in total. The molecular weight excluding hydrogens is 363 g/mol. The monoisotopic (exact) mass is 377 g/mol. The number of aromatic nitrogens is 3. The number of imidazole rings is 1. The van der Waals surface area contributed by atoms with Gasteiger partial charge in [-0.05, 0) is 0 Å². The highest BCUT2D eigenvalue weighted by Gasteiger charge is 2.28. The number of halogens is 4. The van der Waals surface area contributed by atoms with Gasteiger partial charge in [0.1, 0.15) is 5.70 Å². The van der Waals surface area contributed by atoms with Crippen LogP contribution in [0.1, 0.15) is 12.1 Å². The van der Waals surface area contributed by atoms with Crippen molar-refractivity contribution in [1.82, 2.24) is 24.9 Å². The fraction of sp³-hybridized carbons (Fsp3) is 0.308. The first-order valence-corrected chi connectivity index (χ1v) is 7.36. The lowest BCUT2D eigenvalue weighted by atomic mass is 10.3. The lowest BCUT2D eigenvalue weighted by molar-refractivity contribution is -0.138. The van der Waals surface area contributed by atoms with E-state index < -0.39 is 25.0 Å². The number of carbonyl (C=O) groups excluding carboxylic acids is 1. The second kappa shape index (κ2) is 7.57. The third kappa shape index (κ3) is 5.22. The zero-order valence-electron chi connectivity index (χ0n) is 12.8. The van der Waals surface area contributed by atoms with E-state index in [1.165, 1.54) is 10.7 Å². The number of hydrogen-bond acceptors (Lipinski definition) is 6. The van der Waals surface area contributed by atoms with Gasteiger partial charge in [0.2, 0.25) is 0 Å². The summed E-state index contributed by atoms with van der Waals surface area (Å²) in [7, 11) is 0. The molecule has 2 aromatic rings. The maximum absolute atomic E-state index is 12.2. The normalized spacial score (nSPS) is 12.4. The van der Waals surface area contributed by atoms with Gasteiger partial charge in [-0.25, -0.2) is 15.3 Å². The fourth-order valence-corrected chi connectivity index (χ4v) is 2.06. The number of hydrazine groups is 1. The Morgan fingerprint density at radius 1 is 1.48 bits per heavy atom. The van der Waals surface area contributed by atoms with E-state index in [1.54, 1.807) is 12.3 Å². The maximum Gasteiger partial charge on any atom is 0.390 e. The van der Waals surface area contributed by atoms with Gasteiger partial charge in [-0.3, -0.25) is 4.79 Å². The van der Waals surface area contributed by atoms with Gasteiger partial charge >= 0.3 is 6.18 Å². The van der Waals surface area contributed by atoms with Crippen LogP contribution in [-0.4, -0.2) is 38.2 Å². The summed E-state index contributed by atoms with van der Waals surface area (Å²) < 4.78 is 38.1. The van der Waals surface area contributed by atoms with Gasteiger partial charge in [-0.2, -0.15) is 18.3 Å². The first-order valence-electron chi connectivity index (χ1n) is 6.98. The van der Waals surface area contributed by atoms with E-state index in [0.29, 0.717) is 21.4 Å². The minimum Gasteiger partial charge on any atom is -0.403 e. The molecule has 2 rings (SSSR count). The first kappa shape index (κ1) is 18.8.